The first-order valence-electron chi connectivity index (χ1n) is 13.9. The average Bonchev–Trinajstić information content (AvgIpc) is 2.94. The second kappa shape index (κ2) is 13.9. The number of amides is 3. The van der Waals surface area contributed by atoms with Crippen molar-refractivity contribution in [1.29, 1.82) is 0 Å². The maximum Gasteiger partial charge on any atom is 0.329 e. The van der Waals surface area contributed by atoms with Crippen molar-refractivity contribution in [2.45, 2.75) is 75.6 Å². The van der Waals surface area contributed by atoms with E-state index in [9.17, 15) is 37.7 Å². The van der Waals surface area contributed by atoms with E-state index in [0.717, 1.165) is 28.6 Å². The lowest BCUT2D eigenvalue weighted by atomic mass is 10.0. The number of hydrogen-bond acceptors (Lipinski definition) is 9. The Balaban J connectivity index is 1.89. The summed E-state index contributed by atoms with van der Waals surface area (Å²) in [5.74, 6) is -2.79. The number of esters is 1. The van der Waals surface area contributed by atoms with Crippen LogP contribution in [0.4, 0.5) is 5.69 Å². The lowest BCUT2D eigenvalue weighted by molar-refractivity contribution is -0.384. The van der Waals surface area contributed by atoms with Gasteiger partial charge < -0.3 is 20.7 Å². The molecule has 0 aliphatic carbocycles. The summed E-state index contributed by atoms with van der Waals surface area (Å²) in [7, 11) is -4.22. The number of rotatable bonds is 12. The Bertz CT molecular complexity index is 1490. The van der Waals surface area contributed by atoms with Crippen LogP contribution in [0.15, 0.2) is 59.5 Å². The molecule has 1 fully saturated rings. The predicted octanol–water partition coefficient (Wildman–Crippen LogP) is 1.52. The maximum atomic E-state index is 13.8. The van der Waals surface area contributed by atoms with Gasteiger partial charge in [-0.05, 0) is 51.8 Å². The second-order valence-corrected chi connectivity index (χ2v) is 13.3. The average molecular weight is 632 g/mol. The van der Waals surface area contributed by atoms with Crippen molar-refractivity contribution >= 4 is 39.4 Å². The largest absolute Gasteiger partial charge is 0.458 e. The zero-order chi connectivity index (χ0) is 32.8. The summed E-state index contributed by atoms with van der Waals surface area (Å²) in [6, 6.07) is 9.59. The van der Waals surface area contributed by atoms with Gasteiger partial charge in [-0.2, -0.15) is 4.31 Å². The van der Waals surface area contributed by atoms with Gasteiger partial charge in [-0.3, -0.25) is 24.5 Å². The van der Waals surface area contributed by atoms with Gasteiger partial charge in [0.2, 0.25) is 27.7 Å². The molecule has 0 radical (unpaired) electrons. The molecule has 238 valence electrons. The molecule has 0 aromatic heterocycles. The molecule has 1 saturated heterocycles. The van der Waals surface area contributed by atoms with Crippen LogP contribution in [0, 0.1) is 10.1 Å². The predicted molar refractivity (Wildman–Crippen MR) is 158 cm³/mol. The fourth-order valence-corrected chi connectivity index (χ4v) is 6.32. The molecule has 1 heterocycles. The molecule has 0 saturated carbocycles. The Labute approximate surface area is 255 Å². The lowest BCUT2D eigenvalue weighted by Crippen LogP contribution is -2.63. The maximum absolute atomic E-state index is 13.8. The van der Waals surface area contributed by atoms with Crippen LogP contribution < -0.4 is 11.1 Å². The van der Waals surface area contributed by atoms with Gasteiger partial charge in [0.05, 0.1) is 9.82 Å². The minimum atomic E-state index is -4.22. The molecule has 15 heteroatoms. The summed E-state index contributed by atoms with van der Waals surface area (Å²) in [5.41, 5.74) is 4.82. The van der Waals surface area contributed by atoms with Crippen molar-refractivity contribution in [2.24, 2.45) is 5.73 Å². The van der Waals surface area contributed by atoms with E-state index in [0.29, 0.717) is 5.56 Å². The van der Waals surface area contributed by atoms with Gasteiger partial charge >= 0.3 is 5.97 Å². The number of hydrogen-bond donors (Lipinski definition) is 2. The zero-order valence-corrected chi connectivity index (χ0v) is 25.8. The number of carbonyl (C=O) groups is 4. The van der Waals surface area contributed by atoms with Gasteiger partial charge in [-0.15, -0.1) is 0 Å². The summed E-state index contributed by atoms with van der Waals surface area (Å²) >= 11 is 0. The van der Waals surface area contributed by atoms with Gasteiger partial charge in [0.25, 0.3) is 5.69 Å². The van der Waals surface area contributed by atoms with Gasteiger partial charge in [0, 0.05) is 38.1 Å². The van der Waals surface area contributed by atoms with Crippen LogP contribution >= 0.6 is 0 Å². The first-order chi connectivity index (χ1) is 20.5. The molecule has 3 amide bonds. The molecule has 2 aromatic carbocycles. The Morgan fingerprint density at radius 1 is 1.09 bits per heavy atom. The number of piperazine rings is 1. The first kappa shape index (κ1) is 34.1. The van der Waals surface area contributed by atoms with E-state index in [1.165, 1.54) is 11.8 Å². The summed E-state index contributed by atoms with van der Waals surface area (Å²) in [5, 5.41) is 13.6. The van der Waals surface area contributed by atoms with Crippen LogP contribution in [0.3, 0.4) is 0 Å². The fraction of sp³-hybridized carbons (Fsp3) is 0.448. The topological polar surface area (TPSA) is 199 Å². The van der Waals surface area contributed by atoms with Crippen molar-refractivity contribution in [3.8, 4) is 0 Å². The lowest BCUT2D eigenvalue weighted by Gasteiger charge is -2.41. The number of nitrogens with two attached hydrogens (primary N) is 1. The fourth-order valence-electron chi connectivity index (χ4n) is 4.74. The molecular weight excluding hydrogens is 594 g/mol. The molecular formula is C29H37N5O9S. The molecule has 14 nitrogen and oxygen atoms in total. The van der Waals surface area contributed by atoms with Crippen molar-refractivity contribution in [2.75, 3.05) is 13.1 Å². The van der Waals surface area contributed by atoms with Crippen molar-refractivity contribution in [1.82, 2.24) is 14.5 Å². The number of nitrogens with one attached hydrogen (secondary N) is 1. The highest BCUT2D eigenvalue weighted by atomic mass is 32.2. The molecule has 0 unspecified atom stereocenters. The van der Waals surface area contributed by atoms with Crippen molar-refractivity contribution in [3.05, 3.63) is 70.3 Å². The number of nitro benzene ring substituents is 1. The van der Waals surface area contributed by atoms with Crippen LogP contribution in [0.1, 0.15) is 46.1 Å². The minimum absolute atomic E-state index is 0.0527. The summed E-state index contributed by atoms with van der Waals surface area (Å²) in [6.45, 7) is 6.03. The first-order valence-corrected chi connectivity index (χ1v) is 15.4. The van der Waals surface area contributed by atoms with E-state index in [1.54, 1.807) is 51.1 Å². The number of sulfonamides is 1. The van der Waals surface area contributed by atoms with E-state index in [1.807, 2.05) is 0 Å². The SMILES string of the molecule is C[C@H]1C(=O)N([C@@H](Cc2ccccc2)C(=O)N[C@@H](CCC(N)=O)C(=O)OC(C)(C)C)CCN1S(=O)(=O)c1ccc([N+](=O)[O-])cc1. The zero-order valence-electron chi connectivity index (χ0n) is 25.0. The third kappa shape index (κ3) is 8.60. The number of nitrogens with zero attached hydrogens (tertiary/aromatic N) is 3. The Kier molecular flexibility index (Phi) is 10.8. The van der Waals surface area contributed by atoms with E-state index < -0.39 is 62.4 Å². The monoisotopic (exact) mass is 631 g/mol. The highest BCUT2D eigenvalue weighted by Crippen LogP contribution is 2.26. The molecule has 2 aromatic rings. The normalized spacial score (nSPS) is 17.4. The Morgan fingerprint density at radius 2 is 1.70 bits per heavy atom. The van der Waals surface area contributed by atoms with Crippen LogP contribution in [0.2, 0.25) is 0 Å². The van der Waals surface area contributed by atoms with Crippen LogP contribution in [0.5, 0.6) is 0 Å². The summed E-state index contributed by atoms with van der Waals surface area (Å²) < 4.78 is 33.2. The smallest absolute Gasteiger partial charge is 0.329 e. The van der Waals surface area contributed by atoms with E-state index >= 15 is 0 Å². The number of non-ortho nitro benzene ring substituents is 1. The summed E-state index contributed by atoms with van der Waals surface area (Å²) in [6.07, 6.45) is -0.278. The van der Waals surface area contributed by atoms with Crippen LogP contribution in [0.25, 0.3) is 0 Å². The Morgan fingerprint density at radius 3 is 2.25 bits per heavy atom. The third-order valence-corrected chi connectivity index (χ3v) is 8.91. The number of benzene rings is 2. The third-order valence-electron chi connectivity index (χ3n) is 6.93. The minimum Gasteiger partial charge on any atom is -0.458 e. The van der Waals surface area contributed by atoms with E-state index in [-0.39, 0.29) is 42.9 Å². The molecule has 3 rings (SSSR count). The molecule has 0 spiro atoms. The van der Waals surface area contributed by atoms with Crippen LogP contribution in [-0.4, -0.2) is 83.1 Å². The molecule has 0 bridgehead atoms. The standard InChI is InChI=1S/C29H37N5O9S/c1-19-27(37)32(16-17-33(19)44(41,42)22-12-10-21(11-13-22)34(39)40)24(18-20-8-6-5-7-9-20)26(36)31-23(14-15-25(30)35)28(38)43-29(2,3)4/h5-13,19,23-24H,14-18H2,1-4H3,(H2,30,35)(H,31,36)/t19-,23-,24-/m0/s1. The molecule has 44 heavy (non-hydrogen) atoms. The van der Waals surface area contributed by atoms with Crippen molar-refractivity contribution in [3.63, 3.8) is 0 Å². The van der Waals surface area contributed by atoms with Gasteiger partial charge in [0.15, 0.2) is 0 Å². The number of nitro groups is 1. The second-order valence-electron chi connectivity index (χ2n) is 11.4. The van der Waals surface area contributed by atoms with Gasteiger partial charge in [0.1, 0.15) is 23.7 Å². The summed E-state index contributed by atoms with van der Waals surface area (Å²) in [4.78, 5) is 63.3. The van der Waals surface area contributed by atoms with E-state index in [2.05, 4.69) is 5.32 Å². The quantitative estimate of drug-likeness (QED) is 0.198. The highest BCUT2D eigenvalue weighted by molar-refractivity contribution is 7.89. The van der Waals surface area contributed by atoms with E-state index in [4.69, 9.17) is 10.5 Å². The number of ether oxygens (including phenoxy) is 1. The van der Waals surface area contributed by atoms with Crippen molar-refractivity contribution < 1.29 is 37.3 Å². The van der Waals surface area contributed by atoms with Gasteiger partial charge in [-0.1, -0.05) is 30.3 Å². The molecule has 1 aliphatic rings. The molecule has 3 N–H and O–H groups in total. The molecule has 1 aliphatic heterocycles. The highest BCUT2D eigenvalue weighted by Gasteiger charge is 2.43. The van der Waals surface area contributed by atoms with Gasteiger partial charge in [-0.25, -0.2) is 13.2 Å². The molecule has 3 atom stereocenters. The van der Waals surface area contributed by atoms with Crippen LogP contribution in [-0.2, 0) is 40.4 Å². The number of carbonyl (C=O) groups excluding carboxylic acids is 4. The number of primary amides is 1. The Hall–Kier alpha value is -4.37.